The molecule has 0 aliphatic rings. The lowest BCUT2D eigenvalue weighted by molar-refractivity contribution is 0.575. The van der Waals surface area contributed by atoms with E-state index in [0.29, 0.717) is 0 Å². The average Bonchev–Trinajstić information content (AvgIpc) is 2.15. The van der Waals surface area contributed by atoms with Crippen LogP contribution in [0.5, 0.6) is 0 Å². The molecule has 2 nitrogen and oxygen atoms in total. The second-order valence-electron chi connectivity index (χ2n) is 4.51. The highest BCUT2D eigenvalue weighted by Crippen LogP contribution is 2.26. The number of hydrogen-bond donors (Lipinski definition) is 0. The molecule has 2 heteroatoms. The molecule has 0 aromatic carbocycles. The zero-order valence-electron chi connectivity index (χ0n) is 8.78. The molecule has 0 spiro atoms. The van der Waals surface area contributed by atoms with Gasteiger partial charge in [-0.15, -0.1) is 0 Å². The van der Waals surface area contributed by atoms with E-state index >= 15 is 0 Å². The third-order valence-corrected chi connectivity index (χ3v) is 2.28. The summed E-state index contributed by atoms with van der Waals surface area (Å²) in [5.41, 5.74) is 1.22. The van der Waals surface area contributed by atoms with Gasteiger partial charge in [-0.3, -0.25) is 9.97 Å². The highest BCUT2D eigenvalue weighted by Gasteiger charge is 2.17. The standard InChI is InChI=1S/C12H14N2/c1-12(2,3)11-10-5-6-13-8-9(10)4-7-14-11/h4-8H,1-3H3. The van der Waals surface area contributed by atoms with Gasteiger partial charge in [0, 0.05) is 34.8 Å². The minimum absolute atomic E-state index is 0.0842. The molecule has 0 atom stereocenters. The van der Waals surface area contributed by atoms with Crippen LogP contribution in [0.4, 0.5) is 0 Å². The van der Waals surface area contributed by atoms with Crippen molar-refractivity contribution in [3.8, 4) is 0 Å². The molecule has 2 aromatic rings. The largest absolute Gasteiger partial charge is 0.264 e. The third-order valence-electron chi connectivity index (χ3n) is 2.28. The number of aromatic nitrogens is 2. The average molecular weight is 186 g/mol. The number of hydrogen-bond acceptors (Lipinski definition) is 2. The quantitative estimate of drug-likeness (QED) is 0.632. The maximum absolute atomic E-state index is 4.45. The Morgan fingerprint density at radius 3 is 2.57 bits per heavy atom. The molecule has 0 radical (unpaired) electrons. The maximum Gasteiger partial charge on any atom is 0.0536 e. The molecule has 72 valence electrons. The van der Waals surface area contributed by atoms with Crippen molar-refractivity contribution in [3.05, 3.63) is 36.4 Å². The van der Waals surface area contributed by atoms with Crippen LogP contribution in [-0.4, -0.2) is 9.97 Å². The van der Waals surface area contributed by atoms with Crippen molar-refractivity contribution in [1.82, 2.24) is 9.97 Å². The van der Waals surface area contributed by atoms with Crippen LogP contribution < -0.4 is 0 Å². The van der Waals surface area contributed by atoms with E-state index in [-0.39, 0.29) is 5.41 Å². The summed E-state index contributed by atoms with van der Waals surface area (Å²) in [5, 5.41) is 2.36. The second kappa shape index (κ2) is 3.05. The number of rotatable bonds is 0. The highest BCUT2D eigenvalue weighted by molar-refractivity contribution is 5.84. The van der Waals surface area contributed by atoms with Crippen LogP contribution in [0.2, 0.25) is 0 Å². The first-order chi connectivity index (χ1) is 6.59. The molecule has 0 aliphatic heterocycles. The Morgan fingerprint density at radius 1 is 1.07 bits per heavy atom. The molecule has 0 saturated heterocycles. The van der Waals surface area contributed by atoms with Gasteiger partial charge in [-0.2, -0.15) is 0 Å². The van der Waals surface area contributed by atoms with E-state index in [2.05, 4.69) is 30.7 Å². The molecule has 14 heavy (non-hydrogen) atoms. The van der Waals surface area contributed by atoms with E-state index in [1.54, 1.807) is 0 Å². The Labute approximate surface area is 84.0 Å². The number of pyridine rings is 2. The molecular formula is C12H14N2. The van der Waals surface area contributed by atoms with Gasteiger partial charge in [-0.1, -0.05) is 20.8 Å². The van der Waals surface area contributed by atoms with Crippen molar-refractivity contribution in [2.75, 3.05) is 0 Å². The first-order valence-electron chi connectivity index (χ1n) is 4.78. The van der Waals surface area contributed by atoms with Gasteiger partial charge in [0.05, 0.1) is 5.69 Å². The summed E-state index contributed by atoms with van der Waals surface area (Å²) in [6.45, 7) is 6.53. The van der Waals surface area contributed by atoms with Gasteiger partial charge < -0.3 is 0 Å². The lowest BCUT2D eigenvalue weighted by atomic mass is 9.89. The Bertz CT molecular complexity index is 450. The van der Waals surface area contributed by atoms with Gasteiger partial charge in [0.2, 0.25) is 0 Å². The van der Waals surface area contributed by atoms with E-state index in [0.717, 1.165) is 11.1 Å². The fourth-order valence-electron chi connectivity index (χ4n) is 1.61. The Balaban J connectivity index is 2.78. The normalized spacial score (nSPS) is 11.9. The second-order valence-corrected chi connectivity index (χ2v) is 4.51. The molecule has 2 aromatic heterocycles. The monoisotopic (exact) mass is 186 g/mol. The van der Waals surface area contributed by atoms with Crippen molar-refractivity contribution in [2.24, 2.45) is 0 Å². The van der Waals surface area contributed by atoms with Crippen molar-refractivity contribution >= 4 is 10.8 Å². The lowest BCUT2D eigenvalue weighted by Crippen LogP contribution is -2.13. The van der Waals surface area contributed by atoms with Crippen molar-refractivity contribution in [3.63, 3.8) is 0 Å². The van der Waals surface area contributed by atoms with Crippen LogP contribution in [-0.2, 0) is 5.41 Å². The van der Waals surface area contributed by atoms with E-state index in [9.17, 15) is 0 Å². The van der Waals surface area contributed by atoms with Gasteiger partial charge in [-0.05, 0) is 12.1 Å². The summed E-state index contributed by atoms with van der Waals surface area (Å²) in [6.07, 6.45) is 5.55. The predicted molar refractivity (Wildman–Crippen MR) is 58.2 cm³/mol. The summed E-state index contributed by atoms with van der Waals surface area (Å²) in [5.74, 6) is 0. The molecule has 0 saturated carbocycles. The van der Waals surface area contributed by atoms with Gasteiger partial charge in [0.1, 0.15) is 0 Å². The van der Waals surface area contributed by atoms with Gasteiger partial charge in [-0.25, -0.2) is 0 Å². The van der Waals surface area contributed by atoms with Crippen molar-refractivity contribution in [1.29, 1.82) is 0 Å². The third kappa shape index (κ3) is 1.48. The van der Waals surface area contributed by atoms with E-state index in [1.165, 1.54) is 5.39 Å². The van der Waals surface area contributed by atoms with Crippen LogP contribution in [0.25, 0.3) is 10.8 Å². The fourth-order valence-corrected chi connectivity index (χ4v) is 1.61. The molecule has 2 heterocycles. The number of fused-ring (bicyclic) bond motifs is 1. The molecule has 0 aliphatic carbocycles. The van der Waals surface area contributed by atoms with Crippen molar-refractivity contribution < 1.29 is 0 Å². The molecule has 0 N–H and O–H groups in total. The first-order valence-corrected chi connectivity index (χ1v) is 4.78. The van der Waals surface area contributed by atoms with Crippen LogP contribution in [0, 0.1) is 0 Å². The molecule has 0 unspecified atom stereocenters. The lowest BCUT2D eigenvalue weighted by Gasteiger charge is -2.19. The van der Waals surface area contributed by atoms with E-state index < -0.39 is 0 Å². The maximum atomic E-state index is 4.45. The summed E-state index contributed by atoms with van der Waals surface area (Å²) in [7, 11) is 0. The van der Waals surface area contributed by atoms with Gasteiger partial charge in [0.25, 0.3) is 0 Å². The summed E-state index contributed by atoms with van der Waals surface area (Å²) in [4.78, 5) is 8.56. The fraction of sp³-hybridized carbons (Fsp3) is 0.333. The zero-order valence-corrected chi connectivity index (χ0v) is 8.78. The molecule has 0 fully saturated rings. The molecule has 0 bridgehead atoms. The van der Waals surface area contributed by atoms with Crippen LogP contribution in [0.15, 0.2) is 30.7 Å². The Morgan fingerprint density at radius 2 is 1.86 bits per heavy atom. The topological polar surface area (TPSA) is 25.8 Å². The first kappa shape index (κ1) is 9.13. The summed E-state index contributed by atoms with van der Waals surface area (Å²) >= 11 is 0. The smallest absolute Gasteiger partial charge is 0.0536 e. The Kier molecular flexibility index (Phi) is 1.99. The van der Waals surface area contributed by atoms with Crippen LogP contribution in [0.3, 0.4) is 0 Å². The molecule has 2 rings (SSSR count). The minimum atomic E-state index is 0.0842. The number of nitrogens with zero attached hydrogens (tertiary/aromatic N) is 2. The summed E-state index contributed by atoms with van der Waals surface area (Å²) < 4.78 is 0. The molecule has 0 amide bonds. The van der Waals surface area contributed by atoms with E-state index in [4.69, 9.17) is 0 Å². The molecular weight excluding hydrogens is 172 g/mol. The Hall–Kier alpha value is -1.44. The summed E-state index contributed by atoms with van der Waals surface area (Å²) in [6, 6.07) is 4.03. The highest BCUT2D eigenvalue weighted by atomic mass is 14.7. The van der Waals surface area contributed by atoms with Gasteiger partial charge >= 0.3 is 0 Å². The van der Waals surface area contributed by atoms with Gasteiger partial charge in [0.15, 0.2) is 0 Å². The van der Waals surface area contributed by atoms with E-state index in [1.807, 2.05) is 30.7 Å². The van der Waals surface area contributed by atoms with Crippen LogP contribution in [0.1, 0.15) is 26.5 Å². The predicted octanol–water partition coefficient (Wildman–Crippen LogP) is 2.93. The zero-order chi connectivity index (χ0) is 10.2. The minimum Gasteiger partial charge on any atom is -0.264 e. The van der Waals surface area contributed by atoms with Crippen molar-refractivity contribution in [2.45, 2.75) is 26.2 Å². The van der Waals surface area contributed by atoms with Crippen LogP contribution >= 0.6 is 0 Å². The SMILES string of the molecule is CC(C)(C)c1nccc2cnccc12.